The lowest BCUT2D eigenvalue weighted by Crippen LogP contribution is -2.38. The first-order valence-corrected chi connectivity index (χ1v) is 9.20. The van der Waals surface area contributed by atoms with Crippen LogP contribution >= 0.6 is 12.2 Å². The Hall–Kier alpha value is -2.35. The van der Waals surface area contributed by atoms with E-state index in [9.17, 15) is 13.2 Å². The first-order chi connectivity index (χ1) is 12.8. The molecule has 2 aromatic rings. The van der Waals surface area contributed by atoms with Gasteiger partial charge in [0.15, 0.2) is 5.11 Å². The molecule has 0 amide bonds. The van der Waals surface area contributed by atoms with Gasteiger partial charge < -0.3 is 10.2 Å². The summed E-state index contributed by atoms with van der Waals surface area (Å²) < 4.78 is 38.1. The summed E-state index contributed by atoms with van der Waals surface area (Å²) in [6.45, 7) is 4.96. The second-order valence-electron chi connectivity index (χ2n) is 6.59. The second kappa shape index (κ2) is 8.12. The van der Waals surface area contributed by atoms with Gasteiger partial charge in [-0.25, -0.2) is 4.98 Å². The number of pyridine rings is 1. The molecule has 4 nitrogen and oxygen atoms in total. The second-order valence-corrected chi connectivity index (χ2v) is 6.97. The van der Waals surface area contributed by atoms with Crippen LogP contribution in [0.15, 0.2) is 42.6 Å². The van der Waals surface area contributed by atoms with Gasteiger partial charge in [-0.15, -0.1) is 0 Å². The van der Waals surface area contributed by atoms with Crippen LogP contribution in [0.25, 0.3) is 0 Å². The molecule has 1 aromatic carbocycles. The van der Waals surface area contributed by atoms with Crippen LogP contribution in [0.2, 0.25) is 0 Å². The lowest BCUT2D eigenvalue weighted by atomic mass is 10.2. The number of anilines is 2. The van der Waals surface area contributed by atoms with Crippen LogP contribution in [-0.2, 0) is 6.18 Å². The third-order valence-electron chi connectivity index (χ3n) is 4.52. The number of benzene rings is 1. The summed E-state index contributed by atoms with van der Waals surface area (Å²) >= 11 is 5.54. The molecule has 0 radical (unpaired) electrons. The molecule has 0 bridgehead atoms. The van der Waals surface area contributed by atoms with Gasteiger partial charge in [0.2, 0.25) is 0 Å². The third kappa shape index (κ3) is 5.09. The summed E-state index contributed by atoms with van der Waals surface area (Å²) in [6, 6.07) is 10.6. The molecule has 8 heteroatoms. The molecule has 0 atom stereocenters. The number of halogens is 3. The standard InChI is InChI=1S/C19H21F3N4S/c1-14-4-2-5-16(12-14)24-18(27)26-9-3-8-25(10-11-26)17-7-6-15(13-23-17)19(20,21)22/h2,4-7,12-13H,3,8-11H2,1H3,(H,24,27)/p+1. The van der Waals surface area contributed by atoms with Crippen molar-refractivity contribution in [2.24, 2.45) is 0 Å². The first-order valence-electron chi connectivity index (χ1n) is 8.79. The Morgan fingerprint density at radius 2 is 1.93 bits per heavy atom. The highest BCUT2D eigenvalue weighted by Gasteiger charge is 2.32. The number of nitrogens with one attached hydrogen (secondary N) is 2. The van der Waals surface area contributed by atoms with Gasteiger partial charge in [0.25, 0.3) is 5.82 Å². The molecule has 2 N–H and O–H groups in total. The fraction of sp³-hybridized carbons (Fsp3) is 0.368. The summed E-state index contributed by atoms with van der Waals surface area (Å²) in [4.78, 5) is 6.92. The van der Waals surface area contributed by atoms with E-state index in [0.717, 1.165) is 43.0 Å². The Kier molecular flexibility index (Phi) is 5.84. The van der Waals surface area contributed by atoms with Crippen LogP contribution in [0, 0.1) is 6.92 Å². The van der Waals surface area contributed by atoms with Crippen LogP contribution in [0.5, 0.6) is 0 Å². The zero-order valence-corrected chi connectivity index (χ0v) is 15.8. The number of H-pyrrole nitrogens is 1. The van der Waals surface area contributed by atoms with E-state index in [4.69, 9.17) is 12.2 Å². The number of nitrogens with zero attached hydrogens (tertiary/aromatic N) is 2. The van der Waals surface area contributed by atoms with Gasteiger partial charge in [0.1, 0.15) is 12.7 Å². The number of hydrogen-bond donors (Lipinski definition) is 1. The van der Waals surface area contributed by atoms with Crippen molar-refractivity contribution in [1.82, 2.24) is 4.90 Å². The number of aryl methyl sites for hydroxylation is 1. The minimum atomic E-state index is -4.34. The molecule has 0 aliphatic carbocycles. The average molecular weight is 395 g/mol. The van der Waals surface area contributed by atoms with E-state index < -0.39 is 11.7 Å². The number of rotatable bonds is 2. The van der Waals surface area contributed by atoms with E-state index in [2.05, 4.69) is 20.1 Å². The molecular weight excluding hydrogens is 373 g/mol. The monoisotopic (exact) mass is 395 g/mol. The van der Waals surface area contributed by atoms with E-state index in [1.54, 1.807) is 0 Å². The average Bonchev–Trinajstić information content (AvgIpc) is 2.87. The maximum Gasteiger partial charge on any atom is 0.419 e. The van der Waals surface area contributed by atoms with E-state index in [-0.39, 0.29) is 0 Å². The molecule has 0 saturated carbocycles. The predicted molar refractivity (Wildman–Crippen MR) is 104 cm³/mol. The van der Waals surface area contributed by atoms with E-state index >= 15 is 0 Å². The van der Waals surface area contributed by atoms with Crippen molar-refractivity contribution >= 4 is 28.8 Å². The molecular formula is C19H22F3N4S+. The largest absolute Gasteiger partial charge is 0.419 e. The summed E-state index contributed by atoms with van der Waals surface area (Å²) in [6.07, 6.45) is -2.45. The highest BCUT2D eigenvalue weighted by Crippen LogP contribution is 2.28. The van der Waals surface area contributed by atoms with Gasteiger partial charge in [-0.1, -0.05) is 12.1 Å². The lowest BCUT2D eigenvalue weighted by molar-refractivity contribution is -0.367. The molecule has 1 aliphatic heterocycles. The molecule has 2 heterocycles. The molecule has 1 aliphatic rings. The number of hydrogen-bond acceptors (Lipinski definition) is 2. The zero-order chi connectivity index (χ0) is 19.4. The molecule has 27 heavy (non-hydrogen) atoms. The SMILES string of the molecule is Cc1cccc(NC(=S)N2CCCN(c3ccc(C(F)(F)F)c[nH+]3)CC2)c1. The topological polar surface area (TPSA) is 32.6 Å². The molecule has 3 rings (SSSR count). The van der Waals surface area contributed by atoms with Gasteiger partial charge in [0.05, 0.1) is 18.7 Å². The first kappa shape index (κ1) is 19.4. The smallest absolute Gasteiger partial charge is 0.345 e. The van der Waals surface area contributed by atoms with Gasteiger partial charge in [-0.2, -0.15) is 13.2 Å². The van der Waals surface area contributed by atoms with E-state index in [1.165, 1.54) is 6.07 Å². The number of thiocarbonyl (C=S) groups is 1. The van der Waals surface area contributed by atoms with E-state index in [0.29, 0.717) is 24.0 Å². The van der Waals surface area contributed by atoms with Crippen molar-refractivity contribution < 1.29 is 18.2 Å². The minimum absolute atomic E-state index is 0.666. The minimum Gasteiger partial charge on any atom is -0.345 e. The highest BCUT2D eigenvalue weighted by molar-refractivity contribution is 7.80. The summed E-state index contributed by atoms with van der Waals surface area (Å²) in [7, 11) is 0. The Balaban J connectivity index is 1.60. The maximum absolute atomic E-state index is 12.7. The van der Waals surface area contributed by atoms with E-state index in [1.807, 2.05) is 31.2 Å². The molecule has 1 aromatic heterocycles. The zero-order valence-electron chi connectivity index (χ0n) is 15.0. The van der Waals surface area contributed by atoms with Crippen LogP contribution < -0.4 is 15.2 Å². The highest BCUT2D eigenvalue weighted by atomic mass is 32.1. The molecule has 0 spiro atoms. The van der Waals surface area contributed by atoms with Crippen molar-refractivity contribution in [2.45, 2.75) is 19.5 Å². The Bertz CT molecular complexity index is 792. The van der Waals surface area contributed by atoms with Crippen molar-refractivity contribution in [3.63, 3.8) is 0 Å². The van der Waals surface area contributed by atoms with Crippen LogP contribution in [0.4, 0.5) is 24.7 Å². The van der Waals surface area contributed by atoms with Gasteiger partial charge in [-0.3, -0.25) is 4.90 Å². The molecule has 1 fully saturated rings. The normalized spacial score (nSPS) is 15.4. The van der Waals surface area contributed by atoms with Gasteiger partial charge in [0, 0.05) is 24.7 Å². The summed E-state index contributed by atoms with van der Waals surface area (Å²) in [5.74, 6) is 0.683. The molecule has 0 unspecified atom stereocenters. The number of alkyl halides is 3. The molecule has 144 valence electrons. The summed E-state index contributed by atoms with van der Waals surface area (Å²) in [5.41, 5.74) is 1.44. The maximum atomic E-state index is 12.7. The van der Waals surface area contributed by atoms with Crippen molar-refractivity contribution in [2.75, 3.05) is 36.4 Å². The Morgan fingerprint density at radius 3 is 2.59 bits per heavy atom. The van der Waals surface area contributed by atoms with Gasteiger partial charge >= 0.3 is 6.18 Å². The van der Waals surface area contributed by atoms with Crippen LogP contribution in [-0.4, -0.2) is 36.2 Å². The lowest BCUT2D eigenvalue weighted by Gasteiger charge is -2.23. The Labute approximate surface area is 162 Å². The van der Waals surface area contributed by atoms with Crippen LogP contribution in [0.3, 0.4) is 0 Å². The predicted octanol–water partition coefficient (Wildman–Crippen LogP) is 3.74. The van der Waals surface area contributed by atoms with Crippen LogP contribution in [0.1, 0.15) is 17.5 Å². The molecule has 1 saturated heterocycles. The summed E-state index contributed by atoms with van der Waals surface area (Å²) in [5, 5.41) is 3.93. The quantitative estimate of drug-likeness (QED) is 0.786. The van der Waals surface area contributed by atoms with Gasteiger partial charge in [-0.05, 0) is 42.9 Å². The van der Waals surface area contributed by atoms with Crippen molar-refractivity contribution in [3.8, 4) is 0 Å². The fourth-order valence-corrected chi connectivity index (χ4v) is 3.38. The fourth-order valence-electron chi connectivity index (χ4n) is 3.08. The Morgan fingerprint density at radius 1 is 1.11 bits per heavy atom. The number of aromatic amines is 1. The number of aromatic nitrogens is 1. The third-order valence-corrected chi connectivity index (χ3v) is 4.88. The van der Waals surface area contributed by atoms with Crippen molar-refractivity contribution in [1.29, 1.82) is 0 Å². The van der Waals surface area contributed by atoms with Crippen molar-refractivity contribution in [3.05, 3.63) is 53.7 Å².